The van der Waals surface area contributed by atoms with Gasteiger partial charge in [0.05, 0.1) is 5.41 Å². The van der Waals surface area contributed by atoms with Gasteiger partial charge >= 0.3 is 0 Å². The van der Waals surface area contributed by atoms with Gasteiger partial charge in [0, 0.05) is 21.8 Å². The third-order valence-electron chi connectivity index (χ3n) is 5.15. The van der Waals surface area contributed by atoms with E-state index in [1.165, 1.54) is 10.5 Å². The molecule has 0 unspecified atom stereocenters. The number of ketones is 1. The van der Waals surface area contributed by atoms with Crippen molar-refractivity contribution in [3.05, 3.63) is 59.2 Å². The lowest BCUT2D eigenvalue weighted by molar-refractivity contribution is 0.0842. The molecule has 0 aromatic heterocycles. The van der Waals surface area contributed by atoms with Gasteiger partial charge < -0.3 is 5.32 Å². The van der Waals surface area contributed by atoms with Crippen LogP contribution in [0.2, 0.25) is 0 Å². The van der Waals surface area contributed by atoms with Gasteiger partial charge in [0.2, 0.25) is 0 Å². The van der Waals surface area contributed by atoms with Crippen LogP contribution in [0.3, 0.4) is 0 Å². The lowest BCUT2D eigenvalue weighted by atomic mass is 9.68. The quantitative estimate of drug-likeness (QED) is 0.804. The summed E-state index contributed by atoms with van der Waals surface area (Å²) >= 11 is 1.70. The molecule has 1 fully saturated rings. The normalized spacial score (nSPS) is 18.4. The molecule has 0 bridgehead atoms. The highest BCUT2D eigenvalue weighted by atomic mass is 32.2. The SMILES string of the molecule is C#CCc1cccc2c1C(=O)C1(CCNCC1)c1ccccc1S2. The smallest absolute Gasteiger partial charge is 0.174 e. The number of hydrogen-bond donors (Lipinski definition) is 1. The molecule has 0 radical (unpaired) electrons. The molecule has 120 valence electrons. The van der Waals surface area contributed by atoms with Gasteiger partial charge in [-0.15, -0.1) is 12.3 Å². The van der Waals surface area contributed by atoms with Crippen LogP contribution in [-0.2, 0) is 11.8 Å². The minimum Gasteiger partial charge on any atom is -0.317 e. The van der Waals surface area contributed by atoms with Crippen LogP contribution in [0.5, 0.6) is 0 Å². The van der Waals surface area contributed by atoms with E-state index in [2.05, 4.69) is 41.6 Å². The van der Waals surface area contributed by atoms with E-state index >= 15 is 0 Å². The topological polar surface area (TPSA) is 29.1 Å². The Hall–Kier alpha value is -2.02. The van der Waals surface area contributed by atoms with Crippen LogP contribution in [0.15, 0.2) is 52.3 Å². The maximum atomic E-state index is 13.8. The van der Waals surface area contributed by atoms with E-state index in [-0.39, 0.29) is 5.78 Å². The van der Waals surface area contributed by atoms with E-state index < -0.39 is 5.41 Å². The van der Waals surface area contributed by atoms with Crippen LogP contribution in [0.1, 0.15) is 34.3 Å². The van der Waals surface area contributed by atoms with Gasteiger partial charge in [-0.05, 0) is 49.2 Å². The Morgan fingerprint density at radius 3 is 2.62 bits per heavy atom. The molecule has 0 saturated carbocycles. The number of piperidine rings is 1. The van der Waals surface area contributed by atoms with Crippen molar-refractivity contribution in [3.63, 3.8) is 0 Å². The summed E-state index contributed by atoms with van der Waals surface area (Å²) in [6, 6.07) is 14.4. The molecule has 24 heavy (non-hydrogen) atoms. The number of nitrogens with one attached hydrogen (secondary N) is 1. The second kappa shape index (κ2) is 6.12. The zero-order valence-electron chi connectivity index (χ0n) is 13.5. The van der Waals surface area contributed by atoms with Gasteiger partial charge in [-0.2, -0.15) is 0 Å². The molecule has 2 aliphatic rings. The van der Waals surface area contributed by atoms with Crippen molar-refractivity contribution in [3.8, 4) is 12.3 Å². The summed E-state index contributed by atoms with van der Waals surface area (Å²) in [5.41, 5.74) is 2.59. The van der Waals surface area contributed by atoms with Crippen LogP contribution < -0.4 is 5.32 Å². The number of carbonyl (C=O) groups is 1. The molecule has 3 heteroatoms. The highest BCUT2D eigenvalue weighted by Crippen LogP contribution is 2.48. The number of terminal acetylenes is 1. The van der Waals surface area contributed by atoms with Gasteiger partial charge in [0.1, 0.15) is 0 Å². The van der Waals surface area contributed by atoms with Crippen LogP contribution in [-0.4, -0.2) is 18.9 Å². The summed E-state index contributed by atoms with van der Waals surface area (Å²) in [5.74, 6) is 2.97. The van der Waals surface area contributed by atoms with Crippen molar-refractivity contribution in [1.82, 2.24) is 5.32 Å². The van der Waals surface area contributed by atoms with Gasteiger partial charge in [0.15, 0.2) is 5.78 Å². The Morgan fingerprint density at radius 2 is 1.83 bits per heavy atom. The molecule has 0 aliphatic carbocycles. The number of fused-ring (bicyclic) bond motifs is 3. The summed E-state index contributed by atoms with van der Waals surface area (Å²) < 4.78 is 0. The molecule has 2 aliphatic heterocycles. The predicted octanol–water partition coefficient (Wildman–Crippen LogP) is 3.83. The minimum atomic E-state index is -0.426. The van der Waals surface area contributed by atoms with Crippen molar-refractivity contribution in [2.75, 3.05) is 13.1 Å². The lowest BCUT2D eigenvalue weighted by Gasteiger charge is -2.37. The molecule has 1 spiro atoms. The summed E-state index contributed by atoms with van der Waals surface area (Å²) in [6.45, 7) is 1.74. The van der Waals surface area contributed by atoms with Crippen molar-refractivity contribution in [1.29, 1.82) is 0 Å². The first-order valence-corrected chi connectivity index (χ1v) is 9.16. The maximum absolute atomic E-state index is 13.8. The van der Waals surface area contributed by atoms with E-state index in [0.717, 1.165) is 42.0 Å². The highest BCUT2D eigenvalue weighted by molar-refractivity contribution is 7.99. The molecular weight excluding hydrogens is 314 g/mol. The van der Waals surface area contributed by atoms with E-state index in [1.54, 1.807) is 11.8 Å². The average molecular weight is 333 g/mol. The average Bonchev–Trinajstić information content (AvgIpc) is 2.71. The molecule has 1 saturated heterocycles. The second-order valence-electron chi connectivity index (χ2n) is 6.43. The van der Waals surface area contributed by atoms with Crippen LogP contribution >= 0.6 is 11.8 Å². The predicted molar refractivity (Wildman–Crippen MR) is 97.7 cm³/mol. The van der Waals surface area contributed by atoms with E-state index in [1.807, 2.05) is 12.1 Å². The zero-order valence-corrected chi connectivity index (χ0v) is 14.3. The molecule has 2 nitrogen and oxygen atoms in total. The Labute approximate surface area is 147 Å². The molecule has 1 N–H and O–H groups in total. The van der Waals surface area contributed by atoms with E-state index in [4.69, 9.17) is 6.42 Å². The minimum absolute atomic E-state index is 0.252. The largest absolute Gasteiger partial charge is 0.317 e. The summed E-state index contributed by atoms with van der Waals surface area (Å²) in [4.78, 5) is 16.0. The molecule has 2 aromatic carbocycles. The molecule has 4 rings (SSSR count). The summed E-state index contributed by atoms with van der Waals surface area (Å²) in [5, 5.41) is 3.40. The number of rotatable bonds is 1. The third-order valence-corrected chi connectivity index (χ3v) is 6.28. The standard InChI is InChI=1S/C21H19NOS/c1-2-6-15-7-5-10-18-19(15)20(23)21(11-13-22-14-12-21)16-8-3-4-9-17(16)24-18/h1,3-5,7-10,22H,6,11-14H2. The van der Waals surface area contributed by atoms with E-state index in [9.17, 15) is 4.79 Å². The monoisotopic (exact) mass is 333 g/mol. The molecule has 0 atom stereocenters. The molecular formula is C21H19NOS. The summed E-state index contributed by atoms with van der Waals surface area (Å²) in [7, 11) is 0. The Morgan fingerprint density at radius 1 is 1.08 bits per heavy atom. The Kier molecular flexibility index (Phi) is 3.96. The summed E-state index contributed by atoms with van der Waals surface area (Å²) in [6.07, 6.45) is 7.74. The third kappa shape index (κ3) is 2.30. The van der Waals surface area contributed by atoms with Crippen LogP contribution in [0, 0.1) is 12.3 Å². The molecule has 2 heterocycles. The van der Waals surface area contributed by atoms with Crippen molar-refractivity contribution in [2.45, 2.75) is 34.5 Å². The van der Waals surface area contributed by atoms with Gasteiger partial charge in [-0.1, -0.05) is 42.1 Å². The van der Waals surface area contributed by atoms with Crippen molar-refractivity contribution in [2.24, 2.45) is 0 Å². The van der Waals surface area contributed by atoms with Crippen LogP contribution in [0.4, 0.5) is 0 Å². The van der Waals surface area contributed by atoms with Crippen molar-refractivity contribution >= 4 is 17.5 Å². The first-order valence-electron chi connectivity index (χ1n) is 8.34. The first-order chi connectivity index (χ1) is 11.8. The molecule has 2 aromatic rings. The Bertz CT molecular complexity index is 843. The van der Waals surface area contributed by atoms with Crippen molar-refractivity contribution < 1.29 is 4.79 Å². The maximum Gasteiger partial charge on any atom is 0.174 e. The van der Waals surface area contributed by atoms with Gasteiger partial charge in [-0.3, -0.25) is 4.79 Å². The number of carbonyl (C=O) groups excluding carboxylic acids is 1. The second-order valence-corrected chi connectivity index (χ2v) is 7.51. The zero-order chi connectivity index (χ0) is 16.6. The fourth-order valence-corrected chi connectivity index (χ4v) is 5.19. The van der Waals surface area contributed by atoms with Gasteiger partial charge in [0.25, 0.3) is 0 Å². The highest BCUT2D eigenvalue weighted by Gasteiger charge is 2.45. The van der Waals surface area contributed by atoms with Gasteiger partial charge in [-0.25, -0.2) is 0 Å². The number of benzene rings is 2. The Balaban J connectivity index is 1.99. The number of Topliss-reactive ketones (excluding diaryl/α,β-unsaturated/α-hetero) is 1. The fraction of sp³-hybridized carbons (Fsp3) is 0.286. The first kappa shape index (κ1) is 15.5. The fourth-order valence-electron chi connectivity index (χ4n) is 3.96. The van der Waals surface area contributed by atoms with Crippen LogP contribution in [0.25, 0.3) is 0 Å². The van der Waals surface area contributed by atoms with E-state index in [0.29, 0.717) is 6.42 Å². The molecule has 0 amide bonds. The lowest BCUT2D eigenvalue weighted by Crippen LogP contribution is -2.45. The number of hydrogen-bond acceptors (Lipinski definition) is 3.